The van der Waals surface area contributed by atoms with Crippen molar-refractivity contribution >= 4 is 5.78 Å². The molecule has 0 unspecified atom stereocenters. The molecule has 3 N–H and O–H groups in total. The van der Waals surface area contributed by atoms with E-state index in [1.54, 1.807) is 17.7 Å². The normalized spacial score (nSPS) is 28.3. The Morgan fingerprint density at radius 2 is 1.86 bits per heavy atom. The minimum Gasteiger partial charge on any atom is -0.508 e. The zero-order chi connectivity index (χ0) is 26.0. The molecule has 5 heteroatoms. The largest absolute Gasteiger partial charge is 0.508 e. The SMILES string of the molecule is CCC(=O)C1(c2cccc(O)c2)CCN(C)CC1.OCc1cccc2c1C[C@H]1NCC[C@@]23CCCC[C@@H]13. The van der Waals surface area contributed by atoms with Gasteiger partial charge in [-0.1, -0.05) is 50.1 Å². The van der Waals surface area contributed by atoms with E-state index in [-0.39, 0.29) is 17.8 Å². The average Bonchev–Trinajstić information content (AvgIpc) is 2.93. The number of rotatable bonds is 4. The summed E-state index contributed by atoms with van der Waals surface area (Å²) in [6.45, 7) is 5.15. The predicted molar refractivity (Wildman–Crippen MR) is 148 cm³/mol. The van der Waals surface area contributed by atoms with E-state index < -0.39 is 0 Å². The van der Waals surface area contributed by atoms with Gasteiger partial charge >= 0.3 is 0 Å². The number of hydrogen-bond donors (Lipinski definition) is 3. The quantitative estimate of drug-likeness (QED) is 0.555. The van der Waals surface area contributed by atoms with E-state index in [9.17, 15) is 15.0 Å². The first-order valence-electron chi connectivity index (χ1n) is 14.4. The molecule has 3 atom stereocenters. The van der Waals surface area contributed by atoms with Crippen LogP contribution in [0.15, 0.2) is 42.5 Å². The Balaban J connectivity index is 0.000000152. The maximum Gasteiger partial charge on any atom is 0.143 e. The standard InChI is InChI=1S/C17H23NO.C15H21NO2/c19-11-12-4-3-6-14-13(12)10-16-15-5-1-2-7-17(14,15)8-9-18-16;1-3-14(18)15(7-9-16(2)10-8-15)12-5-4-6-13(17)11-12/h3-4,6,15-16,18-19H,1-2,5,7-11H2;4-6,11,17H,3,7-10H2,1-2H3/t15-,16+,17-;/m0./s1. The van der Waals surface area contributed by atoms with E-state index in [0.29, 0.717) is 23.7 Å². The minimum atomic E-state index is -0.389. The molecular weight excluding hydrogens is 460 g/mol. The van der Waals surface area contributed by atoms with Gasteiger partial charge in [-0.2, -0.15) is 0 Å². The third-order valence-corrected chi connectivity index (χ3v) is 10.1. The van der Waals surface area contributed by atoms with Crippen molar-refractivity contribution in [3.8, 4) is 5.75 Å². The Morgan fingerprint density at radius 3 is 2.59 bits per heavy atom. The molecule has 0 spiro atoms. The van der Waals surface area contributed by atoms with Crippen molar-refractivity contribution < 1.29 is 15.0 Å². The van der Waals surface area contributed by atoms with E-state index in [1.165, 1.54) is 44.2 Å². The number of aliphatic hydroxyl groups is 1. The molecule has 0 aromatic heterocycles. The van der Waals surface area contributed by atoms with Crippen LogP contribution in [0.3, 0.4) is 0 Å². The number of benzene rings is 2. The van der Waals surface area contributed by atoms with Crippen molar-refractivity contribution in [3.05, 3.63) is 64.7 Å². The number of piperidine rings is 2. The maximum absolute atomic E-state index is 12.4. The lowest BCUT2D eigenvalue weighted by molar-refractivity contribution is -0.126. The van der Waals surface area contributed by atoms with Crippen LogP contribution < -0.4 is 5.32 Å². The molecule has 2 heterocycles. The lowest BCUT2D eigenvalue weighted by atomic mass is 9.52. The first-order valence-corrected chi connectivity index (χ1v) is 14.4. The fraction of sp³-hybridized carbons (Fsp3) is 0.594. The van der Waals surface area contributed by atoms with Crippen LogP contribution in [0.2, 0.25) is 0 Å². The average molecular weight is 505 g/mol. The van der Waals surface area contributed by atoms with Crippen molar-refractivity contribution in [3.63, 3.8) is 0 Å². The van der Waals surface area contributed by atoms with Crippen LogP contribution in [-0.2, 0) is 28.7 Å². The summed E-state index contributed by atoms with van der Waals surface area (Å²) in [6, 6.07) is 14.5. The van der Waals surface area contributed by atoms with E-state index in [2.05, 4.69) is 35.5 Å². The van der Waals surface area contributed by atoms with Gasteiger partial charge in [0, 0.05) is 17.9 Å². The molecule has 2 aromatic carbocycles. The minimum absolute atomic E-state index is 0.191. The molecule has 37 heavy (non-hydrogen) atoms. The van der Waals surface area contributed by atoms with E-state index >= 15 is 0 Å². The van der Waals surface area contributed by atoms with Crippen LogP contribution in [0, 0.1) is 5.92 Å². The molecule has 2 bridgehead atoms. The third-order valence-electron chi connectivity index (χ3n) is 10.1. The number of aliphatic hydroxyl groups excluding tert-OH is 1. The lowest BCUT2D eigenvalue weighted by Crippen LogP contribution is -2.59. The van der Waals surface area contributed by atoms with Gasteiger partial charge in [-0.15, -0.1) is 0 Å². The Kier molecular flexibility index (Phi) is 7.76. The lowest BCUT2D eigenvalue weighted by Gasteiger charge is -2.56. The highest BCUT2D eigenvalue weighted by atomic mass is 16.3. The first kappa shape index (κ1) is 26.4. The smallest absolute Gasteiger partial charge is 0.143 e. The fourth-order valence-corrected chi connectivity index (χ4v) is 8.05. The zero-order valence-corrected chi connectivity index (χ0v) is 22.6. The van der Waals surface area contributed by atoms with Gasteiger partial charge in [-0.25, -0.2) is 0 Å². The van der Waals surface area contributed by atoms with E-state index in [1.807, 2.05) is 19.1 Å². The van der Waals surface area contributed by atoms with Gasteiger partial charge in [0.05, 0.1) is 12.0 Å². The van der Waals surface area contributed by atoms with Crippen LogP contribution in [-0.4, -0.2) is 53.6 Å². The zero-order valence-electron chi connectivity index (χ0n) is 22.6. The first-order chi connectivity index (χ1) is 17.9. The molecule has 0 amide bonds. The van der Waals surface area contributed by atoms with Gasteiger partial charge in [-0.05, 0) is 106 Å². The summed E-state index contributed by atoms with van der Waals surface area (Å²) >= 11 is 0. The summed E-state index contributed by atoms with van der Waals surface area (Å²) in [5, 5.41) is 23.0. The molecule has 2 aromatic rings. The number of nitrogens with one attached hydrogen (secondary N) is 1. The molecular formula is C32H44N2O3. The second-order valence-corrected chi connectivity index (χ2v) is 11.8. The summed E-state index contributed by atoms with van der Waals surface area (Å²) in [7, 11) is 2.09. The molecule has 0 radical (unpaired) electrons. The highest BCUT2D eigenvalue weighted by molar-refractivity contribution is 5.90. The number of nitrogens with zero attached hydrogens (tertiary/aromatic N) is 1. The predicted octanol–water partition coefficient (Wildman–Crippen LogP) is 4.86. The van der Waals surface area contributed by atoms with Crippen molar-refractivity contribution in [2.45, 2.75) is 88.2 Å². The number of hydrogen-bond acceptors (Lipinski definition) is 5. The Labute approximate surface area is 222 Å². The van der Waals surface area contributed by atoms with Crippen LogP contribution in [0.4, 0.5) is 0 Å². The molecule has 2 saturated heterocycles. The molecule has 3 fully saturated rings. The van der Waals surface area contributed by atoms with Gasteiger partial charge in [0.25, 0.3) is 0 Å². The Morgan fingerprint density at radius 1 is 1.08 bits per heavy atom. The van der Waals surface area contributed by atoms with Crippen molar-refractivity contribution in [2.24, 2.45) is 5.92 Å². The second kappa shape index (κ2) is 10.9. The third kappa shape index (κ3) is 4.75. The summed E-state index contributed by atoms with van der Waals surface area (Å²) in [5.41, 5.74) is 5.21. The molecule has 4 aliphatic rings. The van der Waals surface area contributed by atoms with Crippen LogP contribution >= 0.6 is 0 Å². The fourth-order valence-electron chi connectivity index (χ4n) is 8.05. The van der Waals surface area contributed by atoms with Gasteiger partial charge in [0.1, 0.15) is 11.5 Å². The van der Waals surface area contributed by atoms with Gasteiger partial charge in [-0.3, -0.25) is 4.79 Å². The monoisotopic (exact) mass is 504 g/mol. The number of aromatic hydroxyl groups is 1. The molecule has 200 valence electrons. The summed E-state index contributed by atoms with van der Waals surface area (Å²) in [4.78, 5) is 14.7. The molecule has 1 saturated carbocycles. The molecule has 5 nitrogen and oxygen atoms in total. The number of ketones is 1. The summed E-state index contributed by atoms with van der Waals surface area (Å²) in [6.07, 6.45) is 10.2. The Bertz CT molecular complexity index is 1100. The number of likely N-dealkylation sites (tertiary alicyclic amines) is 1. The number of carbonyl (C=O) groups excluding carboxylic acids is 1. The highest BCUT2D eigenvalue weighted by Crippen LogP contribution is 2.54. The number of phenolic OH excluding ortho intramolecular Hbond substituents is 1. The number of carbonyl (C=O) groups is 1. The molecule has 2 aliphatic carbocycles. The summed E-state index contributed by atoms with van der Waals surface area (Å²) in [5.74, 6) is 1.37. The number of fused-ring (bicyclic) bond motifs is 1. The van der Waals surface area contributed by atoms with Crippen LogP contribution in [0.1, 0.15) is 80.5 Å². The highest BCUT2D eigenvalue weighted by Gasteiger charge is 2.51. The van der Waals surface area contributed by atoms with E-state index in [0.717, 1.165) is 49.4 Å². The maximum atomic E-state index is 12.4. The Hall–Kier alpha value is -2.21. The van der Waals surface area contributed by atoms with E-state index in [4.69, 9.17) is 0 Å². The van der Waals surface area contributed by atoms with Crippen molar-refractivity contribution in [2.75, 3.05) is 26.7 Å². The van der Waals surface area contributed by atoms with Crippen LogP contribution in [0.25, 0.3) is 0 Å². The van der Waals surface area contributed by atoms with Gasteiger partial charge in [0.15, 0.2) is 0 Å². The van der Waals surface area contributed by atoms with Gasteiger partial charge in [0.2, 0.25) is 0 Å². The number of phenols is 1. The van der Waals surface area contributed by atoms with Gasteiger partial charge < -0.3 is 20.4 Å². The summed E-state index contributed by atoms with van der Waals surface area (Å²) < 4.78 is 0. The molecule has 2 aliphatic heterocycles. The van der Waals surface area contributed by atoms with Crippen molar-refractivity contribution in [1.82, 2.24) is 10.2 Å². The number of Topliss-reactive ketones (excluding diaryl/α,β-unsaturated/α-hetero) is 1. The molecule has 6 rings (SSSR count). The second-order valence-electron chi connectivity index (χ2n) is 11.8. The van der Waals surface area contributed by atoms with Crippen LogP contribution in [0.5, 0.6) is 5.75 Å². The topological polar surface area (TPSA) is 72.8 Å². The van der Waals surface area contributed by atoms with Crippen molar-refractivity contribution in [1.29, 1.82) is 0 Å².